The van der Waals surface area contributed by atoms with E-state index in [0.717, 1.165) is 73.6 Å². The Bertz CT molecular complexity index is 1140. The van der Waals surface area contributed by atoms with Crippen LogP contribution in [0, 0.1) is 17.0 Å². The first-order valence-electron chi connectivity index (χ1n) is 12.5. The van der Waals surface area contributed by atoms with E-state index in [9.17, 15) is 18.3 Å². The van der Waals surface area contributed by atoms with Crippen molar-refractivity contribution in [2.45, 2.75) is 38.8 Å². The molecule has 5 nitrogen and oxygen atoms in total. The maximum atomic E-state index is 13.8. The third kappa shape index (κ3) is 6.28. The van der Waals surface area contributed by atoms with Crippen molar-refractivity contribution in [3.63, 3.8) is 0 Å². The highest BCUT2D eigenvalue weighted by molar-refractivity contribution is 5.84. The number of hydrogen-bond acceptors (Lipinski definition) is 5. The molecule has 0 bridgehead atoms. The van der Waals surface area contributed by atoms with Gasteiger partial charge in [0.25, 0.3) is 0 Å². The second-order valence-corrected chi connectivity index (χ2v) is 9.72. The smallest absolute Gasteiger partial charge is 0.128 e. The molecule has 3 aromatic rings. The lowest BCUT2D eigenvalue weighted by atomic mass is 9.75. The Hall–Kier alpha value is -2.84. The summed E-state index contributed by atoms with van der Waals surface area (Å²) in [6, 6.07) is 9.10. The molecule has 0 atom stereocenters. The maximum Gasteiger partial charge on any atom is 0.128 e. The number of aromatic nitrogens is 1. The molecule has 0 amide bonds. The molecule has 0 spiro atoms. The van der Waals surface area contributed by atoms with Crippen molar-refractivity contribution >= 4 is 16.6 Å². The number of ether oxygens (including phenoxy) is 1. The van der Waals surface area contributed by atoms with Gasteiger partial charge in [-0.25, -0.2) is 13.2 Å². The Balaban J connectivity index is 1.31. The van der Waals surface area contributed by atoms with Gasteiger partial charge in [0.15, 0.2) is 0 Å². The van der Waals surface area contributed by atoms with Crippen LogP contribution >= 0.6 is 0 Å². The number of rotatable bonds is 11. The first kappa shape index (κ1) is 26.2. The van der Waals surface area contributed by atoms with E-state index < -0.39 is 18.3 Å². The molecule has 36 heavy (non-hydrogen) atoms. The third-order valence-electron chi connectivity index (χ3n) is 7.43. The van der Waals surface area contributed by atoms with Gasteiger partial charge in [0.05, 0.1) is 12.6 Å². The molecule has 0 saturated carbocycles. The summed E-state index contributed by atoms with van der Waals surface area (Å²) in [4.78, 5) is 6.70. The molecule has 0 aliphatic carbocycles. The molecule has 1 fully saturated rings. The van der Waals surface area contributed by atoms with E-state index in [1.807, 2.05) is 18.2 Å². The highest BCUT2D eigenvalue weighted by Crippen LogP contribution is 2.37. The number of methoxy groups -OCH3 is 1. The van der Waals surface area contributed by atoms with Gasteiger partial charge < -0.3 is 20.1 Å². The number of likely N-dealkylation sites (tertiary alicyclic amines) is 1. The van der Waals surface area contributed by atoms with Gasteiger partial charge in [0.2, 0.25) is 0 Å². The van der Waals surface area contributed by atoms with Crippen molar-refractivity contribution < 1.29 is 23.0 Å². The van der Waals surface area contributed by atoms with Crippen molar-refractivity contribution in [3.05, 3.63) is 65.4 Å². The average Bonchev–Trinajstić information content (AvgIpc) is 2.89. The molecule has 0 unspecified atom stereocenters. The fourth-order valence-electron chi connectivity index (χ4n) is 5.20. The quantitative estimate of drug-likeness (QED) is 0.363. The zero-order chi connectivity index (χ0) is 25.5. The minimum Gasteiger partial charge on any atom is -0.497 e. The molecule has 2 heterocycles. The molecule has 1 saturated heterocycles. The monoisotopic (exact) mass is 501 g/mol. The number of anilines is 1. The highest BCUT2D eigenvalue weighted by atomic mass is 19.1. The molecule has 1 aliphatic heterocycles. The molecule has 2 aromatic carbocycles. The van der Waals surface area contributed by atoms with E-state index in [-0.39, 0.29) is 12.0 Å². The number of nitrogens with one attached hydrogen (secondary N) is 1. The minimum absolute atomic E-state index is 0.128. The normalized spacial score (nSPS) is 15.8. The van der Waals surface area contributed by atoms with Crippen molar-refractivity contribution in [3.8, 4) is 5.75 Å². The Kier molecular flexibility index (Phi) is 8.69. The predicted octanol–water partition coefficient (Wildman–Crippen LogP) is 5.50. The highest BCUT2D eigenvalue weighted by Gasteiger charge is 2.33. The number of benzene rings is 2. The lowest BCUT2D eigenvalue weighted by Gasteiger charge is -2.41. The summed E-state index contributed by atoms with van der Waals surface area (Å²) in [5.41, 5.74) is 2.68. The number of pyridine rings is 1. The van der Waals surface area contributed by atoms with E-state index in [4.69, 9.17) is 4.74 Å². The summed E-state index contributed by atoms with van der Waals surface area (Å²) in [5, 5.41) is 14.3. The van der Waals surface area contributed by atoms with E-state index in [0.29, 0.717) is 24.2 Å². The summed E-state index contributed by atoms with van der Waals surface area (Å²) in [7, 11) is 1.61. The number of aryl methyl sites for hydroxylation is 1. The van der Waals surface area contributed by atoms with Crippen LogP contribution in [0.3, 0.4) is 0 Å². The van der Waals surface area contributed by atoms with Crippen molar-refractivity contribution in [2.24, 2.45) is 5.41 Å². The van der Waals surface area contributed by atoms with Crippen LogP contribution in [0.25, 0.3) is 10.9 Å². The van der Waals surface area contributed by atoms with Gasteiger partial charge in [-0.1, -0.05) is 0 Å². The second-order valence-electron chi connectivity index (χ2n) is 9.72. The average molecular weight is 502 g/mol. The van der Waals surface area contributed by atoms with Crippen LogP contribution < -0.4 is 10.1 Å². The van der Waals surface area contributed by atoms with Crippen LogP contribution in [0.2, 0.25) is 0 Å². The van der Waals surface area contributed by atoms with Crippen LogP contribution in [-0.2, 0) is 13.1 Å². The zero-order valence-corrected chi connectivity index (χ0v) is 20.7. The Morgan fingerprint density at radius 1 is 1.11 bits per heavy atom. The Labute approximate surface area is 210 Å². The van der Waals surface area contributed by atoms with E-state index in [1.165, 1.54) is 12.1 Å². The first-order valence-corrected chi connectivity index (χ1v) is 12.5. The topological polar surface area (TPSA) is 57.6 Å². The number of aliphatic hydroxyl groups excluding tert-OH is 1. The molecule has 8 heteroatoms. The van der Waals surface area contributed by atoms with Crippen LogP contribution in [0.4, 0.5) is 18.9 Å². The minimum atomic E-state index is -0.597. The molecule has 2 N–H and O–H groups in total. The lowest BCUT2D eigenvalue weighted by molar-refractivity contribution is 0.0370. The molecular weight excluding hydrogens is 467 g/mol. The summed E-state index contributed by atoms with van der Waals surface area (Å²) in [6.07, 6.45) is 5.79. The van der Waals surface area contributed by atoms with Gasteiger partial charge in [0.1, 0.15) is 24.1 Å². The van der Waals surface area contributed by atoms with Crippen LogP contribution in [0.15, 0.2) is 42.6 Å². The van der Waals surface area contributed by atoms with Crippen molar-refractivity contribution in [1.82, 2.24) is 9.88 Å². The number of nitrogens with zero attached hydrogens (tertiary/aromatic N) is 2. The van der Waals surface area contributed by atoms with Crippen LogP contribution in [0.5, 0.6) is 5.75 Å². The largest absolute Gasteiger partial charge is 0.497 e. The zero-order valence-electron chi connectivity index (χ0n) is 20.7. The maximum absolute atomic E-state index is 13.8. The number of piperidine rings is 1. The molecule has 1 aliphatic rings. The predicted molar refractivity (Wildman–Crippen MR) is 136 cm³/mol. The summed E-state index contributed by atoms with van der Waals surface area (Å²) < 4.78 is 45.8. The summed E-state index contributed by atoms with van der Waals surface area (Å²) >= 11 is 0. The molecule has 194 valence electrons. The van der Waals surface area contributed by atoms with Crippen LogP contribution in [0.1, 0.15) is 36.8 Å². The number of aliphatic hydroxyl groups is 1. The van der Waals surface area contributed by atoms with Gasteiger partial charge in [0, 0.05) is 48.6 Å². The molecule has 1 aromatic heterocycles. The number of alkyl halides is 1. The number of hydrogen-bond donors (Lipinski definition) is 2. The first-order chi connectivity index (χ1) is 17.4. The third-order valence-corrected chi connectivity index (χ3v) is 7.43. The van der Waals surface area contributed by atoms with Gasteiger partial charge >= 0.3 is 0 Å². The van der Waals surface area contributed by atoms with E-state index in [2.05, 4.69) is 15.2 Å². The number of fused-ring (bicyclic) bond motifs is 1. The van der Waals surface area contributed by atoms with Crippen molar-refractivity contribution in [1.29, 1.82) is 0 Å². The summed E-state index contributed by atoms with van der Waals surface area (Å²) in [5.74, 6) is -0.473. The Morgan fingerprint density at radius 3 is 2.53 bits per heavy atom. The molecule has 4 rings (SSSR count). The fourth-order valence-corrected chi connectivity index (χ4v) is 5.20. The van der Waals surface area contributed by atoms with E-state index >= 15 is 0 Å². The van der Waals surface area contributed by atoms with Gasteiger partial charge in [-0.15, -0.1) is 0 Å². The van der Waals surface area contributed by atoms with Gasteiger partial charge in [-0.2, -0.15) is 0 Å². The van der Waals surface area contributed by atoms with Gasteiger partial charge in [-0.05, 0) is 86.5 Å². The van der Waals surface area contributed by atoms with Crippen molar-refractivity contribution in [2.75, 3.05) is 45.2 Å². The van der Waals surface area contributed by atoms with Gasteiger partial charge in [-0.3, -0.25) is 4.98 Å². The van der Waals surface area contributed by atoms with E-state index in [1.54, 1.807) is 13.3 Å². The molecule has 0 radical (unpaired) electrons. The lowest BCUT2D eigenvalue weighted by Crippen LogP contribution is -2.43. The summed E-state index contributed by atoms with van der Waals surface area (Å²) in [6.45, 7) is 2.61. The SMILES string of the molecule is COc1ccc2ncc(CF)c(CCCC3(CO)CCN(CCNc4cc(F)cc(F)c4)CC3)c2c1. The second kappa shape index (κ2) is 11.9. The standard InChI is InChI=1S/C28H34F3N3O2/c1-36-24-4-5-27-26(16-24)25(20(17-29)18-33-27)3-2-6-28(19-35)7-10-34(11-8-28)12-9-32-23-14-21(30)13-22(31)15-23/h4-5,13-16,18,32,35H,2-3,6-12,17,19H2,1H3. The van der Waals surface area contributed by atoms with Crippen LogP contribution in [-0.4, -0.2) is 54.9 Å². The molecular formula is C28H34F3N3O2. The number of halogens is 3. The Morgan fingerprint density at radius 2 is 1.86 bits per heavy atom. The fraction of sp³-hybridized carbons (Fsp3) is 0.464.